The van der Waals surface area contributed by atoms with Crippen LogP contribution in [-0.4, -0.2) is 27.8 Å². The van der Waals surface area contributed by atoms with Crippen LogP contribution in [0.2, 0.25) is 5.28 Å². The highest BCUT2D eigenvalue weighted by Crippen LogP contribution is 2.33. The fourth-order valence-corrected chi connectivity index (χ4v) is 4.18. The summed E-state index contributed by atoms with van der Waals surface area (Å²) in [6.45, 7) is 2.59. The van der Waals surface area contributed by atoms with Crippen molar-refractivity contribution < 1.29 is 9.53 Å². The first kappa shape index (κ1) is 21.9. The van der Waals surface area contributed by atoms with Crippen LogP contribution in [0.15, 0.2) is 82.8 Å². The van der Waals surface area contributed by atoms with Crippen molar-refractivity contribution >= 4 is 35.0 Å². The Morgan fingerprint density at radius 3 is 2.50 bits per heavy atom. The lowest BCUT2D eigenvalue weighted by molar-refractivity contribution is 0.102. The Hall–Kier alpha value is -3.29. The molecule has 1 amide bonds. The number of halogens is 1. The third-order valence-corrected chi connectivity index (χ3v) is 5.97. The maximum absolute atomic E-state index is 12.7. The summed E-state index contributed by atoms with van der Waals surface area (Å²) in [5.41, 5.74) is 3.51. The van der Waals surface area contributed by atoms with E-state index >= 15 is 0 Å². The second-order valence-corrected chi connectivity index (χ2v) is 8.43. The summed E-state index contributed by atoms with van der Waals surface area (Å²) in [6.07, 6.45) is 0. The molecule has 3 aromatic carbocycles. The molecule has 0 aliphatic carbocycles. The minimum atomic E-state index is -0.208. The molecule has 6 nitrogen and oxygen atoms in total. The van der Waals surface area contributed by atoms with E-state index in [4.69, 9.17) is 16.3 Å². The molecule has 0 aliphatic heterocycles. The van der Waals surface area contributed by atoms with Crippen molar-refractivity contribution in [2.45, 2.75) is 23.5 Å². The molecule has 0 spiro atoms. The van der Waals surface area contributed by atoms with Crippen LogP contribution in [0.3, 0.4) is 0 Å². The molecule has 162 valence electrons. The number of hydrogen-bond acceptors (Lipinski definition) is 5. The van der Waals surface area contributed by atoms with Gasteiger partial charge in [0.1, 0.15) is 5.75 Å². The van der Waals surface area contributed by atoms with Gasteiger partial charge in [0.05, 0.1) is 19.3 Å². The number of benzene rings is 3. The van der Waals surface area contributed by atoms with E-state index in [2.05, 4.69) is 46.6 Å². The molecular weight excluding hydrogens is 444 g/mol. The summed E-state index contributed by atoms with van der Waals surface area (Å²) in [5.74, 6) is 0.488. The molecule has 4 rings (SSSR count). The van der Waals surface area contributed by atoms with Gasteiger partial charge < -0.3 is 10.1 Å². The normalized spacial score (nSPS) is 10.7. The number of carbonyl (C=O) groups excluding carboxylic acids is 1. The Balaban J connectivity index is 1.54. The Morgan fingerprint density at radius 1 is 1.06 bits per heavy atom. The summed E-state index contributed by atoms with van der Waals surface area (Å²) in [7, 11) is 1.59. The number of para-hydroxylation sites is 1. The van der Waals surface area contributed by atoms with Gasteiger partial charge in [-0.05, 0) is 72.2 Å². The number of nitrogens with zero attached hydrogens (tertiary/aromatic N) is 3. The van der Waals surface area contributed by atoms with E-state index in [0.717, 1.165) is 10.5 Å². The first-order chi connectivity index (χ1) is 15.5. The molecule has 1 aromatic heterocycles. The van der Waals surface area contributed by atoms with Gasteiger partial charge in [-0.3, -0.25) is 4.79 Å². The van der Waals surface area contributed by atoms with Crippen molar-refractivity contribution in [3.8, 4) is 5.75 Å². The molecule has 1 heterocycles. The lowest BCUT2D eigenvalue weighted by atomic mass is 10.1. The van der Waals surface area contributed by atoms with Crippen LogP contribution < -0.4 is 10.1 Å². The fraction of sp³-hybridized carbons (Fsp3) is 0.125. The Labute approximate surface area is 195 Å². The van der Waals surface area contributed by atoms with Gasteiger partial charge in [0.2, 0.25) is 5.28 Å². The van der Waals surface area contributed by atoms with Gasteiger partial charge in [0.15, 0.2) is 5.16 Å². The fourth-order valence-electron chi connectivity index (χ4n) is 3.04. The van der Waals surface area contributed by atoms with Gasteiger partial charge in [-0.15, -0.1) is 5.10 Å². The molecule has 0 saturated carbocycles. The number of rotatable bonds is 7. The van der Waals surface area contributed by atoms with E-state index in [1.165, 1.54) is 17.3 Å². The van der Waals surface area contributed by atoms with Crippen LogP contribution >= 0.6 is 23.4 Å². The SMILES string of the molecule is COc1ccc(C(=O)Nc2ccccc2Sc2nc(Cl)nn2Cc2ccc(C)cc2)cc1. The van der Waals surface area contributed by atoms with E-state index in [1.54, 1.807) is 36.1 Å². The summed E-state index contributed by atoms with van der Waals surface area (Å²) < 4.78 is 6.92. The Morgan fingerprint density at radius 2 is 1.78 bits per heavy atom. The number of ether oxygens (including phenoxy) is 1. The highest BCUT2D eigenvalue weighted by atomic mass is 35.5. The van der Waals surface area contributed by atoms with Crippen LogP contribution in [0.25, 0.3) is 0 Å². The predicted molar refractivity (Wildman–Crippen MR) is 127 cm³/mol. The van der Waals surface area contributed by atoms with Crippen molar-refractivity contribution in [2.75, 3.05) is 12.4 Å². The van der Waals surface area contributed by atoms with Crippen molar-refractivity contribution in [2.24, 2.45) is 0 Å². The number of anilines is 1. The predicted octanol–water partition coefficient (Wildman–Crippen LogP) is 5.70. The number of aromatic nitrogens is 3. The number of amides is 1. The average molecular weight is 465 g/mol. The number of hydrogen-bond donors (Lipinski definition) is 1. The first-order valence-corrected chi connectivity index (χ1v) is 11.1. The number of nitrogens with one attached hydrogen (secondary N) is 1. The molecule has 0 atom stereocenters. The maximum atomic E-state index is 12.7. The van der Waals surface area contributed by atoms with E-state index in [-0.39, 0.29) is 11.2 Å². The highest BCUT2D eigenvalue weighted by Gasteiger charge is 2.15. The average Bonchev–Trinajstić information content (AvgIpc) is 3.15. The van der Waals surface area contributed by atoms with Gasteiger partial charge in [-0.1, -0.05) is 42.0 Å². The molecule has 0 fully saturated rings. The number of aryl methyl sites for hydroxylation is 1. The monoisotopic (exact) mass is 464 g/mol. The topological polar surface area (TPSA) is 69.0 Å². The standard InChI is InChI=1S/C24H21ClN4O2S/c1-16-7-9-17(10-8-16)15-29-24(27-23(25)28-29)32-21-6-4-3-5-20(21)26-22(30)18-11-13-19(31-2)14-12-18/h3-14H,15H2,1-2H3,(H,26,30). The maximum Gasteiger partial charge on any atom is 0.255 e. The molecule has 32 heavy (non-hydrogen) atoms. The molecule has 0 unspecified atom stereocenters. The van der Waals surface area contributed by atoms with Gasteiger partial charge in [0.25, 0.3) is 5.91 Å². The van der Waals surface area contributed by atoms with Crippen LogP contribution in [0.4, 0.5) is 5.69 Å². The lowest BCUT2D eigenvalue weighted by Gasteiger charge is -2.11. The lowest BCUT2D eigenvalue weighted by Crippen LogP contribution is -2.12. The summed E-state index contributed by atoms with van der Waals surface area (Å²) in [4.78, 5) is 18.0. The first-order valence-electron chi connectivity index (χ1n) is 9.90. The Kier molecular flexibility index (Phi) is 6.78. The van der Waals surface area contributed by atoms with Gasteiger partial charge in [0, 0.05) is 10.5 Å². The zero-order valence-corrected chi connectivity index (χ0v) is 19.2. The smallest absolute Gasteiger partial charge is 0.255 e. The van der Waals surface area contributed by atoms with Gasteiger partial charge in [-0.25, -0.2) is 4.68 Å². The largest absolute Gasteiger partial charge is 0.497 e. The van der Waals surface area contributed by atoms with Gasteiger partial charge >= 0.3 is 0 Å². The van der Waals surface area contributed by atoms with Crippen molar-refractivity contribution in [3.63, 3.8) is 0 Å². The Bertz CT molecular complexity index is 1220. The van der Waals surface area contributed by atoms with E-state index in [1.807, 2.05) is 24.3 Å². The molecule has 0 aliphatic rings. The molecule has 4 aromatic rings. The molecule has 1 N–H and O–H groups in total. The highest BCUT2D eigenvalue weighted by molar-refractivity contribution is 7.99. The molecule has 0 saturated heterocycles. The quantitative estimate of drug-likeness (QED) is 0.380. The van der Waals surface area contributed by atoms with Crippen molar-refractivity contribution in [1.29, 1.82) is 0 Å². The second kappa shape index (κ2) is 9.89. The van der Waals surface area contributed by atoms with Crippen LogP contribution in [0.1, 0.15) is 21.5 Å². The zero-order chi connectivity index (χ0) is 22.5. The molecule has 0 radical (unpaired) electrons. The molecular formula is C24H21ClN4O2S. The van der Waals surface area contributed by atoms with Gasteiger partial charge in [-0.2, -0.15) is 4.98 Å². The van der Waals surface area contributed by atoms with Crippen LogP contribution in [0.5, 0.6) is 5.75 Å². The minimum absolute atomic E-state index is 0.180. The van der Waals surface area contributed by atoms with Crippen molar-refractivity contribution in [1.82, 2.24) is 14.8 Å². The van der Waals surface area contributed by atoms with Crippen molar-refractivity contribution in [3.05, 3.63) is 94.8 Å². The summed E-state index contributed by atoms with van der Waals surface area (Å²) in [5, 5.41) is 8.13. The minimum Gasteiger partial charge on any atom is -0.497 e. The third-order valence-electron chi connectivity index (χ3n) is 4.75. The van der Waals surface area contributed by atoms with E-state index in [0.29, 0.717) is 28.7 Å². The number of methoxy groups -OCH3 is 1. The molecule has 0 bridgehead atoms. The zero-order valence-electron chi connectivity index (χ0n) is 17.6. The third kappa shape index (κ3) is 5.30. The summed E-state index contributed by atoms with van der Waals surface area (Å²) in [6, 6.07) is 22.8. The molecule has 8 heteroatoms. The number of carbonyl (C=O) groups is 1. The summed E-state index contributed by atoms with van der Waals surface area (Å²) >= 11 is 7.51. The van der Waals surface area contributed by atoms with Crippen LogP contribution in [0, 0.1) is 6.92 Å². The van der Waals surface area contributed by atoms with E-state index in [9.17, 15) is 4.79 Å². The van der Waals surface area contributed by atoms with E-state index < -0.39 is 0 Å². The van der Waals surface area contributed by atoms with Crippen LogP contribution in [-0.2, 0) is 6.54 Å². The second-order valence-electron chi connectivity index (χ2n) is 7.09.